The molecule has 1 rings (SSSR count). The summed E-state index contributed by atoms with van der Waals surface area (Å²) >= 11 is 5.03. The summed E-state index contributed by atoms with van der Waals surface area (Å²) in [4.78, 5) is 13.4. The van der Waals surface area contributed by atoms with Gasteiger partial charge in [0.05, 0.1) is 0 Å². The van der Waals surface area contributed by atoms with Crippen LogP contribution in [0.2, 0.25) is 0 Å². The number of hydrogen-bond donors (Lipinski definition) is 0. The first kappa shape index (κ1) is 8.85. The van der Waals surface area contributed by atoms with Crippen LogP contribution >= 0.6 is 38.5 Å². The van der Waals surface area contributed by atoms with Crippen molar-refractivity contribution in [2.24, 2.45) is 0 Å². The molecular weight excluding hydrogens is 327 g/mol. The van der Waals surface area contributed by atoms with Crippen molar-refractivity contribution in [1.82, 2.24) is 4.98 Å². The predicted octanol–water partition coefficient (Wildman–Crippen LogP) is 2.36. The Kier molecular flexibility index (Phi) is 2.77. The topological polar surface area (TPSA) is 56.0 Å². The van der Waals surface area contributed by atoms with Crippen molar-refractivity contribution >= 4 is 44.3 Å². The molecular formula is C5H2BrIN2O2. The second-order valence-electron chi connectivity index (χ2n) is 1.69. The first-order valence-corrected chi connectivity index (χ1v) is 4.44. The van der Waals surface area contributed by atoms with Crippen LogP contribution in [0.4, 0.5) is 5.82 Å². The molecule has 1 aromatic heterocycles. The molecule has 1 aromatic rings. The van der Waals surface area contributed by atoms with Crippen LogP contribution in [0.25, 0.3) is 0 Å². The van der Waals surface area contributed by atoms with Gasteiger partial charge in [0.25, 0.3) is 0 Å². The third-order valence-corrected chi connectivity index (χ3v) is 3.46. The Balaban J connectivity index is 3.27. The molecule has 0 radical (unpaired) electrons. The lowest BCUT2D eigenvalue weighted by Gasteiger charge is -1.95. The smallest absolute Gasteiger partial charge is 0.358 e. The van der Waals surface area contributed by atoms with Gasteiger partial charge in [-0.3, -0.25) is 0 Å². The summed E-state index contributed by atoms with van der Waals surface area (Å²) in [5.41, 5.74) is 0. The van der Waals surface area contributed by atoms with E-state index in [9.17, 15) is 10.1 Å². The average Bonchev–Trinajstić information content (AvgIpc) is 1.94. The van der Waals surface area contributed by atoms with Gasteiger partial charge in [-0.1, -0.05) is 0 Å². The third kappa shape index (κ3) is 1.86. The van der Waals surface area contributed by atoms with E-state index in [-0.39, 0.29) is 5.82 Å². The number of hydrogen-bond acceptors (Lipinski definition) is 3. The molecule has 0 saturated carbocycles. The zero-order valence-electron chi connectivity index (χ0n) is 5.12. The van der Waals surface area contributed by atoms with Crippen molar-refractivity contribution in [3.63, 3.8) is 0 Å². The van der Waals surface area contributed by atoms with E-state index in [4.69, 9.17) is 0 Å². The molecule has 58 valence electrons. The van der Waals surface area contributed by atoms with Gasteiger partial charge in [0.2, 0.25) is 0 Å². The number of nitrogens with zero attached hydrogens (tertiary/aromatic N) is 2. The maximum atomic E-state index is 10.3. The van der Waals surface area contributed by atoms with Crippen LogP contribution in [0.5, 0.6) is 0 Å². The monoisotopic (exact) mass is 328 g/mol. The summed E-state index contributed by atoms with van der Waals surface area (Å²) in [7, 11) is 0. The van der Waals surface area contributed by atoms with Gasteiger partial charge in [-0.05, 0) is 54.5 Å². The second kappa shape index (κ2) is 3.44. The van der Waals surface area contributed by atoms with E-state index < -0.39 is 4.92 Å². The Bertz CT molecular complexity index is 305. The molecule has 0 saturated heterocycles. The normalized spacial score (nSPS) is 9.64. The van der Waals surface area contributed by atoms with Crippen LogP contribution in [-0.2, 0) is 0 Å². The van der Waals surface area contributed by atoms with Gasteiger partial charge in [0.15, 0.2) is 0 Å². The Hall–Kier alpha value is -0.240. The predicted molar refractivity (Wildman–Crippen MR) is 51.3 cm³/mol. The lowest BCUT2D eigenvalue weighted by atomic mass is 10.5. The van der Waals surface area contributed by atoms with E-state index in [0.717, 1.165) is 0 Å². The Morgan fingerprint density at radius 1 is 1.73 bits per heavy atom. The highest BCUT2D eigenvalue weighted by atomic mass is 127. The molecule has 0 atom stereocenters. The number of nitro groups is 1. The first-order valence-electron chi connectivity index (χ1n) is 2.57. The zero-order valence-corrected chi connectivity index (χ0v) is 8.87. The zero-order chi connectivity index (χ0) is 8.43. The molecule has 0 spiro atoms. The Labute approximate surface area is 84.4 Å². The maximum Gasteiger partial charge on any atom is 0.378 e. The maximum absolute atomic E-state index is 10.3. The van der Waals surface area contributed by atoms with Gasteiger partial charge in [0.1, 0.15) is 9.77 Å². The van der Waals surface area contributed by atoms with Crippen LogP contribution in [-0.4, -0.2) is 9.91 Å². The molecule has 0 amide bonds. The molecule has 0 aliphatic carbocycles. The standard InChI is InChI=1S/C5H2BrIN2O2/c6-3-1-2-8-5(4(3)7)9(10)11/h1-2H. The van der Waals surface area contributed by atoms with E-state index in [1.165, 1.54) is 6.20 Å². The summed E-state index contributed by atoms with van der Waals surface area (Å²) in [6, 6.07) is 1.66. The van der Waals surface area contributed by atoms with E-state index in [2.05, 4.69) is 20.9 Å². The minimum absolute atomic E-state index is 0.111. The molecule has 0 aliphatic heterocycles. The second-order valence-corrected chi connectivity index (χ2v) is 3.62. The van der Waals surface area contributed by atoms with Gasteiger partial charge in [0, 0.05) is 4.47 Å². The van der Waals surface area contributed by atoms with Crippen molar-refractivity contribution in [1.29, 1.82) is 0 Å². The minimum Gasteiger partial charge on any atom is -0.358 e. The van der Waals surface area contributed by atoms with Crippen molar-refractivity contribution in [2.75, 3.05) is 0 Å². The van der Waals surface area contributed by atoms with Crippen molar-refractivity contribution in [3.05, 3.63) is 30.4 Å². The van der Waals surface area contributed by atoms with Crippen LogP contribution < -0.4 is 0 Å². The van der Waals surface area contributed by atoms with Crippen LogP contribution in [0.1, 0.15) is 0 Å². The summed E-state index contributed by atoms with van der Waals surface area (Å²) in [5, 5.41) is 10.3. The largest absolute Gasteiger partial charge is 0.378 e. The number of rotatable bonds is 1. The van der Waals surface area contributed by atoms with E-state index in [1.54, 1.807) is 6.07 Å². The first-order chi connectivity index (χ1) is 5.13. The van der Waals surface area contributed by atoms with Gasteiger partial charge in [-0.2, -0.15) is 0 Å². The fourth-order valence-corrected chi connectivity index (χ4v) is 1.35. The molecule has 4 nitrogen and oxygen atoms in total. The van der Waals surface area contributed by atoms with Crippen LogP contribution in [0.15, 0.2) is 16.7 Å². The van der Waals surface area contributed by atoms with E-state index in [0.29, 0.717) is 8.04 Å². The molecule has 0 N–H and O–H groups in total. The molecule has 0 bridgehead atoms. The summed E-state index contributed by atoms with van der Waals surface area (Å²) in [6.07, 6.45) is 1.39. The Morgan fingerprint density at radius 2 is 2.36 bits per heavy atom. The van der Waals surface area contributed by atoms with Gasteiger partial charge >= 0.3 is 5.82 Å². The fourth-order valence-electron chi connectivity index (χ4n) is 0.537. The Morgan fingerprint density at radius 3 is 2.82 bits per heavy atom. The van der Waals surface area contributed by atoms with E-state index >= 15 is 0 Å². The van der Waals surface area contributed by atoms with Gasteiger partial charge in [-0.25, -0.2) is 0 Å². The third-order valence-electron chi connectivity index (χ3n) is 0.997. The molecule has 0 aliphatic rings. The van der Waals surface area contributed by atoms with Crippen LogP contribution in [0, 0.1) is 13.7 Å². The molecule has 11 heavy (non-hydrogen) atoms. The molecule has 6 heteroatoms. The van der Waals surface area contributed by atoms with Crippen molar-refractivity contribution in [3.8, 4) is 0 Å². The van der Waals surface area contributed by atoms with Crippen molar-refractivity contribution in [2.45, 2.75) is 0 Å². The fraction of sp³-hybridized carbons (Fsp3) is 0. The highest BCUT2D eigenvalue weighted by Crippen LogP contribution is 2.25. The number of aromatic nitrogens is 1. The van der Waals surface area contributed by atoms with E-state index in [1.807, 2.05) is 22.6 Å². The lowest BCUT2D eigenvalue weighted by Crippen LogP contribution is -1.94. The molecule has 1 heterocycles. The SMILES string of the molecule is O=[N+]([O-])c1nccc(Br)c1I. The molecule has 0 unspecified atom stereocenters. The highest BCUT2D eigenvalue weighted by Gasteiger charge is 2.14. The quantitative estimate of drug-likeness (QED) is 0.452. The lowest BCUT2D eigenvalue weighted by molar-refractivity contribution is -0.390. The summed E-state index contributed by atoms with van der Waals surface area (Å²) in [5.74, 6) is -0.111. The molecule has 0 aromatic carbocycles. The number of halogens is 2. The highest BCUT2D eigenvalue weighted by molar-refractivity contribution is 14.1. The van der Waals surface area contributed by atoms with Crippen LogP contribution in [0.3, 0.4) is 0 Å². The van der Waals surface area contributed by atoms with Gasteiger partial charge < -0.3 is 10.1 Å². The minimum atomic E-state index is -0.507. The average molecular weight is 329 g/mol. The summed E-state index contributed by atoms with van der Waals surface area (Å²) in [6.45, 7) is 0. The number of pyridine rings is 1. The van der Waals surface area contributed by atoms with Crippen molar-refractivity contribution < 1.29 is 4.92 Å². The molecule has 0 fully saturated rings. The summed E-state index contributed by atoms with van der Waals surface area (Å²) < 4.78 is 1.22. The van der Waals surface area contributed by atoms with Gasteiger partial charge in [-0.15, -0.1) is 0 Å².